The first kappa shape index (κ1) is 10.7. The Kier molecular flexibility index (Phi) is 4.12. The van der Waals surface area contributed by atoms with Gasteiger partial charge in [-0.1, -0.05) is 0 Å². The highest BCUT2D eigenvalue weighted by atomic mass is 16.6. The molecule has 0 aliphatic rings. The van der Waals surface area contributed by atoms with Gasteiger partial charge in [0.15, 0.2) is 0 Å². The summed E-state index contributed by atoms with van der Waals surface area (Å²) in [5.41, 5.74) is 0. The Hall–Kier alpha value is -1.36. The van der Waals surface area contributed by atoms with Crippen molar-refractivity contribution in [1.82, 2.24) is 9.55 Å². The zero-order chi connectivity index (χ0) is 10.4. The first-order valence-electron chi connectivity index (χ1n) is 4.42. The van der Waals surface area contributed by atoms with E-state index < -0.39 is 6.09 Å². The Labute approximate surface area is 82.6 Å². The van der Waals surface area contributed by atoms with Crippen molar-refractivity contribution in [3.63, 3.8) is 0 Å². The average Bonchev–Trinajstić information content (AvgIpc) is 2.70. The van der Waals surface area contributed by atoms with Crippen LogP contribution in [0.25, 0.3) is 0 Å². The molecule has 0 aromatic carbocycles. The zero-order valence-corrected chi connectivity index (χ0v) is 8.34. The van der Waals surface area contributed by atoms with Gasteiger partial charge in [0.05, 0.1) is 12.7 Å². The lowest BCUT2D eigenvalue weighted by Crippen LogP contribution is -2.16. The third-order valence-corrected chi connectivity index (χ3v) is 1.87. The molecule has 0 saturated carbocycles. The van der Waals surface area contributed by atoms with Gasteiger partial charge in [-0.05, 0) is 6.92 Å². The fraction of sp³-hybridized carbons (Fsp3) is 0.556. The maximum absolute atomic E-state index is 11.2. The van der Waals surface area contributed by atoms with Crippen LogP contribution >= 0.6 is 0 Å². The van der Waals surface area contributed by atoms with Crippen LogP contribution in [-0.4, -0.2) is 35.5 Å². The highest BCUT2D eigenvalue weighted by Crippen LogP contribution is 1.97. The van der Waals surface area contributed by atoms with E-state index in [4.69, 9.17) is 9.47 Å². The second-order valence-corrected chi connectivity index (χ2v) is 2.92. The van der Waals surface area contributed by atoms with Crippen molar-refractivity contribution in [2.75, 3.05) is 13.7 Å². The summed E-state index contributed by atoms with van der Waals surface area (Å²) in [6.45, 7) is 2.27. The fourth-order valence-corrected chi connectivity index (χ4v) is 0.872. The lowest BCUT2D eigenvalue weighted by atomic mass is 10.3. The van der Waals surface area contributed by atoms with Gasteiger partial charge in [-0.2, -0.15) is 0 Å². The molecule has 0 bridgehead atoms. The number of methoxy groups -OCH3 is 1. The summed E-state index contributed by atoms with van der Waals surface area (Å²) in [5.74, 6) is 0. The largest absolute Gasteiger partial charge is 0.449 e. The second-order valence-electron chi connectivity index (χ2n) is 2.92. The normalized spacial score (nSPS) is 12.4. The van der Waals surface area contributed by atoms with Gasteiger partial charge >= 0.3 is 6.09 Å². The summed E-state index contributed by atoms with van der Waals surface area (Å²) in [6, 6.07) is 0. The van der Waals surface area contributed by atoms with Crippen molar-refractivity contribution < 1.29 is 14.3 Å². The molecule has 5 heteroatoms. The molecule has 1 unspecified atom stereocenters. The summed E-state index contributed by atoms with van der Waals surface area (Å²) in [4.78, 5) is 15.0. The van der Waals surface area contributed by atoms with Crippen LogP contribution in [0.5, 0.6) is 0 Å². The molecule has 1 rings (SSSR count). The lowest BCUT2D eigenvalue weighted by Gasteiger charge is -2.09. The van der Waals surface area contributed by atoms with Gasteiger partial charge in [0, 0.05) is 25.9 Å². The predicted molar refractivity (Wildman–Crippen MR) is 50.1 cm³/mol. The molecule has 78 valence electrons. The van der Waals surface area contributed by atoms with E-state index in [-0.39, 0.29) is 6.10 Å². The molecule has 1 aromatic heterocycles. The highest BCUT2D eigenvalue weighted by molar-refractivity contribution is 5.69. The Bertz CT molecular complexity index is 272. The summed E-state index contributed by atoms with van der Waals surface area (Å²) in [5, 5.41) is 0. The summed E-state index contributed by atoms with van der Waals surface area (Å²) in [7, 11) is 1.63. The monoisotopic (exact) mass is 198 g/mol. The number of aromatic nitrogens is 2. The van der Waals surface area contributed by atoms with E-state index in [0.29, 0.717) is 13.0 Å². The quantitative estimate of drug-likeness (QED) is 0.731. The van der Waals surface area contributed by atoms with Crippen molar-refractivity contribution in [3.8, 4) is 0 Å². The van der Waals surface area contributed by atoms with Gasteiger partial charge < -0.3 is 9.47 Å². The van der Waals surface area contributed by atoms with Crippen molar-refractivity contribution in [2.24, 2.45) is 0 Å². The van der Waals surface area contributed by atoms with E-state index in [1.165, 1.54) is 17.1 Å². The minimum atomic E-state index is -0.411. The van der Waals surface area contributed by atoms with Crippen molar-refractivity contribution >= 4 is 6.09 Å². The number of carbonyl (C=O) groups excluding carboxylic acids is 1. The Morgan fingerprint density at radius 1 is 1.64 bits per heavy atom. The maximum Gasteiger partial charge on any atom is 0.419 e. The summed E-state index contributed by atoms with van der Waals surface area (Å²) >= 11 is 0. The SMILES string of the molecule is COC(C)CCOC(=O)n1ccnc1. The molecule has 14 heavy (non-hydrogen) atoms. The topological polar surface area (TPSA) is 53.4 Å². The molecule has 0 radical (unpaired) electrons. The van der Waals surface area contributed by atoms with Gasteiger partial charge in [0.1, 0.15) is 6.33 Å². The van der Waals surface area contributed by atoms with E-state index in [1.54, 1.807) is 13.3 Å². The van der Waals surface area contributed by atoms with Gasteiger partial charge in [-0.15, -0.1) is 0 Å². The molecule has 0 saturated heterocycles. The van der Waals surface area contributed by atoms with Gasteiger partial charge in [-0.3, -0.25) is 0 Å². The van der Waals surface area contributed by atoms with Crippen LogP contribution in [0.1, 0.15) is 13.3 Å². The number of imidazole rings is 1. The second kappa shape index (κ2) is 5.39. The van der Waals surface area contributed by atoms with Crippen LogP contribution in [0.3, 0.4) is 0 Å². The molecular weight excluding hydrogens is 184 g/mol. The Balaban J connectivity index is 2.23. The van der Waals surface area contributed by atoms with Crippen LogP contribution in [0.15, 0.2) is 18.7 Å². The minimum Gasteiger partial charge on any atom is -0.449 e. The van der Waals surface area contributed by atoms with Crippen LogP contribution in [-0.2, 0) is 9.47 Å². The molecule has 1 aromatic rings. The molecule has 0 spiro atoms. The van der Waals surface area contributed by atoms with Crippen LogP contribution in [0.4, 0.5) is 4.79 Å². The number of nitrogens with zero attached hydrogens (tertiary/aromatic N) is 2. The average molecular weight is 198 g/mol. The first-order valence-corrected chi connectivity index (χ1v) is 4.42. The van der Waals surface area contributed by atoms with E-state index in [2.05, 4.69) is 4.98 Å². The number of ether oxygens (including phenoxy) is 2. The van der Waals surface area contributed by atoms with E-state index in [1.807, 2.05) is 6.92 Å². The van der Waals surface area contributed by atoms with Gasteiger partial charge in [0.2, 0.25) is 0 Å². The van der Waals surface area contributed by atoms with Crippen molar-refractivity contribution in [1.29, 1.82) is 0 Å². The summed E-state index contributed by atoms with van der Waals surface area (Å²) in [6.07, 6.45) is 4.86. The standard InChI is InChI=1S/C9H14N2O3/c1-8(13-2)3-6-14-9(12)11-5-4-10-7-11/h4-5,7-8H,3,6H2,1-2H3. The molecule has 1 heterocycles. The predicted octanol–water partition coefficient (Wildman–Crippen LogP) is 1.29. The molecule has 0 fully saturated rings. The lowest BCUT2D eigenvalue weighted by molar-refractivity contribution is 0.0802. The zero-order valence-electron chi connectivity index (χ0n) is 8.34. The van der Waals surface area contributed by atoms with E-state index in [9.17, 15) is 4.79 Å². The number of hydrogen-bond donors (Lipinski definition) is 0. The molecule has 0 aliphatic heterocycles. The molecule has 0 N–H and O–H groups in total. The van der Waals surface area contributed by atoms with Crippen LogP contribution < -0.4 is 0 Å². The van der Waals surface area contributed by atoms with Crippen LogP contribution in [0.2, 0.25) is 0 Å². The smallest absolute Gasteiger partial charge is 0.419 e. The first-order chi connectivity index (χ1) is 6.74. The van der Waals surface area contributed by atoms with Crippen LogP contribution in [0, 0.1) is 0 Å². The van der Waals surface area contributed by atoms with Gasteiger partial charge in [0.25, 0.3) is 0 Å². The number of hydrogen-bond acceptors (Lipinski definition) is 4. The molecular formula is C9H14N2O3. The third-order valence-electron chi connectivity index (χ3n) is 1.87. The fourth-order valence-electron chi connectivity index (χ4n) is 0.872. The van der Waals surface area contributed by atoms with Crippen molar-refractivity contribution in [3.05, 3.63) is 18.7 Å². The summed E-state index contributed by atoms with van der Waals surface area (Å²) < 4.78 is 11.3. The molecule has 0 amide bonds. The molecule has 5 nitrogen and oxygen atoms in total. The van der Waals surface area contributed by atoms with Crippen molar-refractivity contribution in [2.45, 2.75) is 19.4 Å². The maximum atomic E-state index is 11.2. The highest BCUT2D eigenvalue weighted by Gasteiger charge is 2.05. The number of rotatable bonds is 4. The Morgan fingerprint density at radius 2 is 2.43 bits per heavy atom. The van der Waals surface area contributed by atoms with E-state index in [0.717, 1.165) is 0 Å². The number of carbonyl (C=O) groups is 1. The Morgan fingerprint density at radius 3 is 3.00 bits per heavy atom. The van der Waals surface area contributed by atoms with E-state index >= 15 is 0 Å². The minimum absolute atomic E-state index is 0.102. The molecule has 1 atom stereocenters. The third kappa shape index (κ3) is 3.18. The molecule has 0 aliphatic carbocycles. The van der Waals surface area contributed by atoms with Gasteiger partial charge in [-0.25, -0.2) is 14.3 Å².